The lowest BCUT2D eigenvalue weighted by Crippen LogP contribution is -2.38. The maximum absolute atomic E-state index is 6.04. The molecule has 1 aromatic carbocycles. The highest BCUT2D eigenvalue weighted by Gasteiger charge is 2.06. The van der Waals surface area contributed by atoms with E-state index in [-0.39, 0.29) is 0 Å². The zero-order valence-electron chi connectivity index (χ0n) is 13.9. The minimum atomic E-state index is 0.769. The Morgan fingerprint density at radius 3 is 2.82 bits per heavy atom. The molecule has 0 unspecified atom stereocenters. The Bertz CT molecular complexity index is 451. The molecule has 0 saturated heterocycles. The van der Waals surface area contributed by atoms with Gasteiger partial charge in [0.1, 0.15) is 0 Å². The Labute approximate surface area is 139 Å². The van der Waals surface area contributed by atoms with Crippen LogP contribution in [0.15, 0.2) is 29.3 Å². The van der Waals surface area contributed by atoms with Gasteiger partial charge in [0.05, 0.1) is 0 Å². The number of benzene rings is 1. The number of aliphatic imine (C=N–C) groups is 1. The van der Waals surface area contributed by atoms with Crippen LogP contribution in [0.5, 0.6) is 0 Å². The zero-order chi connectivity index (χ0) is 16.2. The summed E-state index contributed by atoms with van der Waals surface area (Å²) in [5.74, 6) is 0.939. The number of halogens is 1. The van der Waals surface area contributed by atoms with Crippen molar-refractivity contribution in [2.24, 2.45) is 4.99 Å². The fraction of sp³-hybridized carbons (Fsp3) is 0.588. The molecule has 0 amide bonds. The molecule has 4 nitrogen and oxygen atoms in total. The number of hydrogen-bond donors (Lipinski definition) is 1. The first kappa shape index (κ1) is 18.8. The van der Waals surface area contributed by atoms with E-state index in [1.807, 2.05) is 25.2 Å². The van der Waals surface area contributed by atoms with E-state index >= 15 is 0 Å². The average Bonchev–Trinajstić information content (AvgIpc) is 2.49. The molecule has 1 N–H and O–H groups in total. The summed E-state index contributed by atoms with van der Waals surface area (Å²) in [6.45, 7) is 5.41. The van der Waals surface area contributed by atoms with E-state index in [0.717, 1.165) is 56.5 Å². The van der Waals surface area contributed by atoms with Gasteiger partial charge in [0.2, 0.25) is 0 Å². The molecule has 0 radical (unpaired) electrons. The van der Waals surface area contributed by atoms with Crippen molar-refractivity contribution in [1.29, 1.82) is 0 Å². The molecular weight excluding hydrogens is 298 g/mol. The van der Waals surface area contributed by atoms with Gasteiger partial charge in [-0.3, -0.25) is 4.99 Å². The molecule has 0 bridgehead atoms. The monoisotopic (exact) mass is 325 g/mol. The summed E-state index contributed by atoms with van der Waals surface area (Å²) in [6, 6.07) is 7.94. The topological polar surface area (TPSA) is 36.9 Å². The third-order valence-corrected chi connectivity index (χ3v) is 3.51. The minimum absolute atomic E-state index is 0.769. The SMILES string of the molecule is CCNC(=NCCCCCOC)N(C)Cc1cccc(Cl)c1. The number of ether oxygens (including phenoxy) is 1. The first-order chi connectivity index (χ1) is 10.7. The van der Waals surface area contributed by atoms with Crippen LogP contribution in [0.3, 0.4) is 0 Å². The molecule has 0 fully saturated rings. The molecule has 0 aliphatic rings. The van der Waals surface area contributed by atoms with Gasteiger partial charge < -0.3 is 15.0 Å². The van der Waals surface area contributed by atoms with Gasteiger partial charge in [0, 0.05) is 45.4 Å². The molecule has 0 spiro atoms. The maximum atomic E-state index is 6.04. The van der Waals surface area contributed by atoms with Crippen LogP contribution in [0.1, 0.15) is 31.7 Å². The fourth-order valence-corrected chi connectivity index (χ4v) is 2.39. The van der Waals surface area contributed by atoms with Crippen LogP contribution in [0.25, 0.3) is 0 Å². The van der Waals surface area contributed by atoms with Gasteiger partial charge in [-0.05, 0) is 43.9 Å². The lowest BCUT2D eigenvalue weighted by molar-refractivity contribution is 0.192. The van der Waals surface area contributed by atoms with E-state index in [2.05, 4.69) is 28.2 Å². The number of guanidine groups is 1. The van der Waals surface area contributed by atoms with Crippen molar-refractivity contribution in [3.05, 3.63) is 34.9 Å². The molecule has 0 saturated carbocycles. The molecule has 124 valence electrons. The number of nitrogens with one attached hydrogen (secondary N) is 1. The van der Waals surface area contributed by atoms with E-state index in [9.17, 15) is 0 Å². The average molecular weight is 326 g/mol. The van der Waals surface area contributed by atoms with Crippen molar-refractivity contribution < 1.29 is 4.74 Å². The Kier molecular flexibility index (Phi) is 9.67. The van der Waals surface area contributed by atoms with Crippen LogP contribution >= 0.6 is 11.6 Å². The molecule has 5 heteroatoms. The van der Waals surface area contributed by atoms with Crippen LogP contribution in [-0.4, -0.2) is 44.7 Å². The summed E-state index contributed by atoms with van der Waals surface area (Å²) in [5.41, 5.74) is 1.18. The quantitative estimate of drug-likeness (QED) is 0.428. The molecule has 1 rings (SSSR count). The molecular formula is C17H28ClN3O. The summed E-state index contributed by atoms with van der Waals surface area (Å²) < 4.78 is 5.06. The fourth-order valence-electron chi connectivity index (χ4n) is 2.17. The molecule has 1 aromatic rings. The lowest BCUT2D eigenvalue weighted by atomic mass is 10.2. The van der Waals surface area contributed by atoms with Crippen molar-refractivity contribution in [3.63, 3.8) is 0 Å². The summed E-state index contributed by atoms with van der Waals surface area (Å²) in [7, 11) is 3.79. The Balaban J connectivity index is 2.49. The molecule has 0 aromatic heterocycles. The van der Waals surface area contributed by atoms with Gasteiger partial charge in [-0.25, -0.2) is 0 Å². The molecule has 0 aliphatic carbocycles. The highest BCUT2D eigenvalue weighted by molar-refractivity contribution is 6.30. The largest absolute Gasteiger partial charge is 0.385 e. The maximum Gasteiger partial charge on any atom is 0.193 e. The molecule has 22 heavy (non-hydrogen) atoms. The number of hydrogen-bond acceptors (Lipinski definition) is 2. The van der Waals surface area contributed by atoms with E-state index in [1.165, 1.54) is 5.56 Å². The Hall–Kier alpha value is -1.26. The first-order valence-corrected chi connectivity index (χ1v) is 8.28. The Morgan fingerprint density at radius 1 is 1.32 bits per heavy atom. The summed E-state index contributed by atoms with van der Waals surface area (Å²) in [6.07, 6.45) is 3.33. The highest BCUT2D eigenvalue weighted by Crippen LogP contribution is 2.12. The number of rotatable bonds is 9. The van der Waals surface area contributed by atoms with Gasteiger partial charge in [-0.2, -0.15) is 0 Å². The summed E-state index contributed by atoms with van der Waals surface area (Å²) in [5, 5.41) is 4.11. The van der Waals surface area contributed by atoms with Crippen LogP contribution < -0.4 is 5.32 Å². The first-order valence-electron chi connectivity index (χ1n) is 7.90. The smallest absolute Gasteiger partial charge is 0.193 e. The van der Waals surface area contributed by atoms with Crippen molar-refractivity contribution in [1.82, 2.24) is 10.2 Å². The van der Waals surface area contributed by atoms with Crippen LogP contribution in [0, 0.1) is 0 Å². The second-order valence-corrected chi connectivity index (χ2v) is 5.71. The van der Waals surface area contributed by atoms with E-state index in [4.69, 9.17) is 16.3 Å². The predicted molar refractivity (Wildman–Crippen MR) is 94.6 cm³/mol. The van der Waals surface area contributed by atoms with Gasteiger partial charge in [0.15, 0.2) is 5.96 Å². The molecule has 0 aliphatic heterocycles. The van der Waals surface area contributed by atoms with Gasteiger partial charge >= 0.3 is 0 Å². The summed E-state index contributed by atoms with van der Waals surface area (Å²) >= 11 is 6.04. The van der Waals surface area contributed by atoms with E-state index in [0.29, 0.717) is 0 Å². The number of methoxy groups -OCH3 is 1. The normalized spacial score (nSPS) is 11.5. The van der Waals surface area contributed by atoms with Gasteiger partial charge in [0.25, 0.3) is 0 Å². The summed E-state index contributed by atoms with van der Waals surface area (Å²) in [4.78, 5) is 6.82. The lowest BCUT2D eigenvalue weighted by Gasteiger charge is -2.22. The predicted octanol–water partition coefficient (Wildman–Crippen LogP) is 3.55. The van der Waals surface area contributed by atoms with Crippen molar-refractivity contribution >= 4 is 17.6 Å². The van der Waals surface area contributed by atoms with E-state index in [1.54, 1.807) is 7.11 Å². The van der Waals surface area contributed by atoms with Crippen molar-refractivity contribution in [2.75, 3.05) is 33.9 Å². The van der Waals surface area contributed by atoms with Gasteiger partial charge in [-0.15, -0.1) is 0 Å². The van der Waals surface area contributed by atoms with Gasteiger partial charge in [-0.1, -0.05) is 23.7 Å². The highest BCUT2D eigenvalue weighted by atomic mass is 35.5. The van der Waals surface area contributed by atoms with Crippen molar-refractivity contribution in [2.45, 2.75) is 32.7 Å². The second kappa shape index (κ2) is 11.3. The van der Waals surface area contributed by atoms with Crippen LogP contribution in [0.2, 0.25) is 5.02 Å². The Morgan fingerprint density at radius 2 is 2.14 bits per heavy atom. The molecule has 0 atom stereocenters. The van der Waals surface area contributed by atoms with Crippen LogP contribution in [0.4, 0.5) is 0 Å². The zero-order valence-corrected chi connectivity index (χ0v) is 14.7. The standard InChI is InChI=1S/C17H28ClN3O/c1-4-19-17(20-11-6-5-7-12-22-3)21(2)14-15-9-8-10-16(18)13-15/h8-10,13H,4-7,11-12,14H2,1-3H3,(H,19,20). The molecule has 0 heterocycles. The number of unbranched alkanes of at least 4 members (excludes halogenated alkanes) is 2. The third kappa shape index (κ3) is 7.66. The minimum Gasteiger partial charge on any atom is -0.385 e. The number of nitrogens with zero attached hydrogens (tertiary/aromatic N) is 2. The van der Waals surface area contributed by atoms with E-state index < -0.39 is 0 Å². The second-order valence-electron chi connectivity index (χ2n) is 5.28. The van der Waals surface area contributed by atoms with Crippen molar-refractivity contribution in [3.8, 4) is 0 Å². The van der Waals surface area contributed by atoms with Crippen LogP contribution in [-0.2, 0) is 11.3 Å². The third-order valence-electron chi connectivity index (χ3n) is 3.27.